The smallest absolute Gasteiger partial charge is 0.264 e. The van der Waals surface area contributed by atoms with Gasteiger partial charge in [-0.1, -0.05) is 6.07 Å². The van der Waals surface area contributed by atoms with Gasteiger partial charge in [0.05, 0.1) is 19.3 Å². The van der Waals surface area contributed by atoms with Gasteiger partial charge in [0, 0.05) is 11.6 Å². The highest BCUT2D eigenvalue weighted by molar-refractivity contribution is 5.94. The van der Waals surface area contributed by atoms with Crippen LogP contribution in [0.4, 0.5) is 0 Å². The summed E-state index contributed by atoms with van der Waals surface area (Å²) in [5.74, 6) is 0.397. The second-order valence-corrected chi connectivity index (χ2v) is 3.70. The van der Waals surface area contributed by atoms with Crippen LogP contribution in [0.1, 0.15) is 16.1 Å². The zero-order valence-corrected chi connectivity index (χ0v) is 9.82. The molecule has 1 amide bonds. The van der Waals surface area contributed by atoms with Crippen LogP contribution in [-0.2, 0) is 6.54 Å². The molecule has 2 aromatic rings. The molecule has 0 atom stereocenters. The maximum Gasteiger partial charge on any atom is 0.264 e. The molecule has 2 rings (SSSR count). The van der Waals surface area contributed by atoms with Crippen LogP contribution in [0.15, 0.2) is 35.1 Å². The fourth-order valence-electron chi connectivity index (χ4n) is 1.51. The lowest BCUT2D eigenvalue weighted by molar-refractivity contribution is 0.0950. The van der Waals surface area contributed by atoms with Gasteiger partial charge in [0.2, 0.25) is 0 Å². The largest absolute Gasteiger partial charge is 0.497 e. The number of carbonyl (C=O) groups is 1. The van der Waals surface area contributed by atoms with E-state index in [4.69, 9.17) is 4.74 Å². The number of methoxy groups -OCH3 is 1. The van der Waals surface area contributed by atoms with Gasteiger partial charge in [-0.3, -0.25) is 14.7 Å². The van der Waals surface area contributed by atoms with Gasteiger partial charge in [0.25, 0.3) is 11.5 Å². The molecule has 1 aromatic heterocycles. The zero-order valence-electron chi connectivity index (χ0n) is 9.82. The van der Waals surface area contributed by atoms with Crippen molar-refractivity contribution >= 4 is 5.91 Å². The number of hydrogen-bond acceptors (Lipinski definition) is 3. The maximum absolute atomic E-state index is 11.8. The van der Waals surface area contributed by atoms with Crippen molar-refractivity contribution in [3.8, 4) is 5.75 Å². The van der Waals surface area contributed by atoms with E-state index in [1.807, 2.05) is 0 Å². The topological polar surface area (TPSA) is 87.0 Å². The summed E-state index contributed by atoms with van der Waals surface area (Å²) in [6, 6.07) is 8.24. The first-order valence-electron chi connectivity index (χ1n) is 5.38. The first-order chi connectivity index (χ1) is 8.69. The van der Waals surface area contributed by atoms with E-state index in [0.29, 0.717) is 17.0 Å². The van der Waals surface area contributed by atoms with Crippen molar-refractivity contribution in [1.82, 2.24) is 15.5 Å². The molecule has 6 heteroatoms. The summed E-state index contributed by atoms with van der Waals surface area (Å²) in [5, 5.41) is 7.75. The van der Waals surface area contributed by atoms with Crippen LogP contribution in [0.2, 0.25) is 0 Å². The van der Waals surface area contributed by atoms with E-state index < -0.39 is 0 Å². The lowest BCUT2D eigenvalue weighted by atomic mass is 10.2. The molecule has 0 bridgehead atoms. The SMILES string of the molecule is COc1cccc(C(=O)NCc2cc(=O)[nH][nH]2)c1. The molecule has 1 aromatic carbocycles. The van der Waals surface area contributed by atoms with Crippen LogP contribution in [-0.4, -0.2) is 23.2 Å². The van der Waals surface area contributed by atoms with Crippen LogP contribution < -0.4 is 15.6 Å². The van der Waals surface area contributed by atoms with Crippen LogP contribution in [0, 0.1) is 0 Å². The molecule has 3 N–H and O–H groups in total. The van der Waals surface area contributed by atoms with Gasteiger partial charge >= 0.3 is 0 Å². The fourth-order valence-corrected chi connectivity index (χ4v) is 1.51. The normalized spacial score (nSPS) is 10.1. The van der Waals surface area contributed by atoms with E-state index in [1.165, 1.54) is 6.07 Å². The highest BCUT2D eigenvalue weighted by atomic mass is 16.5. The van der Waals surface area contributed by atoms with Gasteiger partial charge in [-0.05, 0) is 18.2 Å². The molecule has 0 aliphatic heterocycles. The Balaban J connectivity index is 2.01. The van der Waals surface area contributed by atoms with Crippen LogP contribution in [0.3, 0.4) is 0 Å². The minimum absolute atomic E-state index is 0.222. The van der Waals surface area contributed by atoms with Crippen molar-refractivity contribution in [2.75, 3.05) is 7.11 Å². The first kappa shape index (κ1) is 12.0. The van der Waals surface area contributed by atoms with Crippen molar-refractivity contribution in [1.29, 1.82) is 0 Å². The summed E-state index contributed by atoms with van der Waals surface area (Å²) in [5.41, 5.74) is 0.907. The molecular weight excluding hydrogens is 234 g/mol. The van der Waals surface area contributed by atoms with Gasteiger partial charge in [-0.15, -0.1) is 0 Å². The van der Waals surface area contributed by atoms with Gasteiger partial charge in [-0.25, -0.2) is 0 Å². The van der Waals surface area contributed by atoms with E-state index in [9.17, 15) is 9.59 Å². The molecule has 0 aliphatic carbocycles. The third-order valence-electron chi connectivity index (χ3n) is 2.42. The lowest BCUT2D eigenvalue weighted by Gasteiger charge is -2.05. The second-order valence-electron chi connectivity index (χ2n) is 3.70. The van der Waals surface area contributed by atoms with Gasteiger partial charge in [0.1, 0.15) is 5.75 Å². The average molecular weight is 247 g/mol. The molecular formula is C12H13N3O3. The number of H-pyrrole nitrogens is 2. The minimum atomic E-state index is -0.226. The molecule has 94 valence electrons. The summed E-state index contributed by atoms with van der Waals surface area (Å²) in [4.78, 5) is 22.7. The van der Waals surface area contributed by atoms with E-state index in [2.05, 4.69) is 15.5 Å². The molecule has 0 saturated heterocycles. The van der Waals surface area contributed by atoms with Crippen molar-refractivity contribution in [2.45, 2.75) is 6.54 Å². The highest BCUT2D eigenvalue weighted by Gasteiger charge is 2.06. The monoisotopic (exact) mass is 247 g/mol. The van der Waals surface area contributed by atoms with Crippen LogP contribution in [0.5, 0.6) is 5.75 Å². The summed E-state index contributed by atoms with van der Waals surface area (Å²) in [6.45, 7) is 0.259. The number of hydrogen-bond donors (Lipinski definition) is 3. The summed E-state index contributed by atoms with van der Waals surface area (Å²) < 4.78 is 5.04. The Morgan fingerprint density at radius 2 is 2.17 bits per heavy atom. The number of ether oxygens (including phenoxy) is 1. The number of amides is 1. The van der Waals surface area contributed by atoms with E-state index in [0.717, 1.165) is 0 Å². The van der Waals surface area contributed by atoms with E-state index in [1.54, 1.807) is 31.4 Å². The number of aromatic amines is 2. The highest BCUT2D eigenvalue weighted by Crippen LogP contribution is 2.12. The number of nitrogens with one attached hydrogen (secondary N) is 3. The summed E-state index contributed by atoms with van der Waals surface area (Å²) in [6.07, 6.45) is 0. The molecule has 1 heterocycles. The summed E-state index contributed by atoms with van der Waals surface area (Å²) >= 11 is 0. The Labute approximate surface area is 103 Å². The standard InChI is InChI=1S/C12H13N3O3/c1-18-10-4-2-3-8(5-10)12(17)13-7-9-6-11(16)15-14-9/h2-6H,7H2,1H3,(H,13,17)(H2,14,15,16). The number of benzene rings is 1. The lowest BCUT2D eigenvalue weighted by Crippen LogP contribution is -2.23. The minimum Gasteiger partial charge on any atom is -0.497 e. The van der Waals surface area contributed by atoms with Crippen molar-refractivity contribution in [2.24, 2.45) is 0 Å². The number of aromatic nitrogens is 2. The molecule has 0 fully saturated rings. The van der Waals surface area contributed by atoms with Crippen molar-refractivity contribution in [3.05, 3.63) is 51.9 Å². The third kappa shape index (κ3) is 2.79. The Kier molecular flexibility index (Phi) is 3.47. The van der Waals surface area contributed by atoms with Crippen LogP contribution in [0.25, 0.3) is 0 Å². The van der Waals surface area contributed by atoms with Gasteiger partial charge in [0.15, 0.2) is 0 Å². The average Bonchev–Trinajstić information content (AvgIpc) is 2.82. The molecule has 0 radical (unpaired) electrons. The molecule has 0 unspecified atom stereocenters. The number of carbonyl (C=O) groups excluding carboxylic acids is 1. The molecule has 0 aliphatic rings. The molecule has 0 spiro atoms. The number of rotatable bonds is 4. The van der Waals surface area contributed by atoms with Crippen LogP contribution >= 0.6 is 0 Å². The first-order valence-corrected chi connectivity index (χ1v) is 5.38. The Hall–Kier alpha value is -2.50. The van der Waals surface area contributed by atoms with Crippen molar-refractivity contribution < 1.29 is 9.53 Å². The maximum atomic E-state index is 11.8. The van der Waals surface area contributed by atoms with E-state index in [-0.39, 0.29) is 18.0 Å². The van der Waals surface area contributed by atoms with Gasteiger partial charge in [-0.2, -0.15) is 0 Å². The Morgan fingerprint density at radius 3 is 2.83 bits per heavy atom. The quantitative estimate of drug-likeness (QED) is 0.741. The van der Waals surface area contributed by atoms with E-state index >= 15 is 0 Å². The summed E-state index contributed by atoms with van der Waals surface area (Å²) in [7, 11) is 1.54. The zero-order chi connectivity index (χ0) is 13.0. The predicted molar refractivity (Wildman–Crippen MR) is 65.6 cm³/mol. The molecule has 18 heavy (non-hydrogen) atoms. The van der Waals surface area contributed by atoms with Crippen molar-refractivity contribution in [3.63, 3.8) is 0 Å². The predicted octanol–water partition coefficient (Wildman–Crippen LogP) is 0.642. The second kappa shape index (κ2) is 5.22. The Bertz CT molecular complexity index is 600. The van der Waals surface area contributed by atoms with Gasteiger partial charge < -0.3 is 15.2 Å². The Morgan fingerprint density at radius 1 is 1.33 bits per heavy atom. The molecule has 0 saturated carbocycles. The fraction of sp³-hybridized carbons (Fsp3) is 0.167. The molecule has 6 nitrogen and oxygen atoms in total. The third-order valence-corrected chi connectivity index (χ3v) is 2.42.